The largest absolute Gasteiger partial charge is 0.314 e. The molecule has 1 aliphatic carbocycles. The van der Waals surface area contributed by atoms with Crippen LogP contribution < -0.4 is 10.6 Å². The standard InChI is InChI=1S/C17H27N3/c1-13(14-8-11-18-12-9-14)20-17-7-4-5-15(17)16-6-2-3-10-19-16/h8-9,11-13,15-17,19-20H,2-7,10H2,1H3/t13-,15?,16?,17?/m0/s1. The van der Waals surface area contributed by atoms with Crippen LogP contribution in [-0.2, 0) is 0 Å². The van der Waals surface area contributed by atoms with Crippen LogP contribution in [0.15, 0.2) is 24.5 Å². The van der Waals surface area contributed by atoms with Crippen molar-refractivity contribution in [1.29, 1.82) is 0 Å². The van der Waals surface area contributed by atoms with E-state index < -0.39 is 0 Å². The summed E-state index contributed by atoms with van der Waals surface area (Å²) in [5.74, 6) is 0.819. The topological polar surface area (TPSA) is 37.0 Å². The van der Waals surface area contributed by atoms with E-state index in [1.54, 1.807) is 0 Å². The minimum absolute atomic E-state index is 0.423. The Morgan fingerprint density at radius 1 is 1.15 bits per heavy atom. The lowest BCUT2D eigenvalue weighted by atomic mass is 9.88. The molecule has 20 heavy (non-hydrogen) atoms. The minimum Gasteiger partial charge on any atom is -0.314 e. The third kappa shape index (κ3) is 3.21. The number of nitrogens with zero attached hydrogens (tertiary/aromatic N) is 1. The first-order valence-electron chi connectivity index (χ1n) is 8.24. The van der Waals surface area contributed by atoms with Crippen molar-refractivity contribution in [3.05, 3.63) is 30.1 Å². The Morgan fingerprint density at radius 3 is 2.75 bits per heavy atom. The molecule has 0 spiro atoms. The van der Waals surface area contributed by atoms with Crippen LogP contribution in [0, 0.1) is 5.92 Å². The molecule has 2 aliphatic rings. The first-order valence-corrected chi connectivity index (χ1v) is 8.24. The molecule has 2 fully saturated rings. The quantitative estimate of drug-likeness (QED) is 0.885. The van der Waals surface area contributed by atoms with Gasteiger partial charge in [0.15, 0.2) is 0 Å². The molecule has 0 bridgehead atoms. The summed E-state index contributed by atoms with van der Waals surface area (Å²) in [5.41, 5.74) is 1.35. The molecule has 1 aromatic rings. The third-order valence-electron chi connectivity index (χ3n) is 5.10. The smallest absolute Gasteiger partial charge is 0.0295 e. The third-order valence-corrected chi connectivity index (χ3v) is 5.10. The normalized spacial score (nSPS) is 32.1. The molecule has 1 aliphatic heterocycles. The van der Waals surface area contributed by atoms with E-state index >= 15 is 0 Å². The molecule has 0 aromatic carbocycles. The highest BCUT2D eigenvalue weighted by Gasteiger charge is 2.34. The van der Waals surface area contributed by atoms with E-state index in [2.05, 4.69) is 34.7 Å². The van der Waals surface area contributed by atoms with Crippen molar-refractivity contribution in [1.82, 2.24) is 15.6 Å². The molecular formula is C17H27N3. The average molecular weight is 273 g/mol. The summed E-state index contributed by atoms with van der Waals surface area (Å²) in [6.45, 7) is 3.49. The number of hydrogen-bond acceptors (Lipinski definition) is 3. The van der Waals surface area contributed by atoms with Gasteiger partial charge in [-0.1, -0.05) is 12.8 Å². The lowest BCUT2D eigenvalue weighted by molar-refractivity contribution is 0.248. The molecule has 1 saturated carbocycles. The lowest BCUT2D eigenvalue weighted by Crippen LogP contribution is -2.47. The van der Waals surface area contributed by atoms with Gasteiger partial charge in [0.05, 0.1) is 0 Å². The molecule has 3 nitrogen and oxygen atoms in total. The molecule has 3 unspecified atom stereocenters. The van der Waals surface area contributed by atoms with Crippen LogP contribution >= 0.6 is 0 Å². The predicted octanol–water partition coefficient (Wildman–Crippen LogP) is 3.04. The van der Waals surface area contributed by atoms with Crippen LogP contribution in [0.25, 0.3) is 0 Å². The fourth-order valence-electron chi connectivity index (χ4n) is 3.99. The highest BCUT2D eigenvalue weighted by Crippen LogP contribution is 2.33. The summed E-state index contributed by atoms with van der Waals surface area (Å²) < 4.78 is 0. The molecule has 0 radical (unpaired) electrons. The number of piperidine rings is 1. The Hall–Kier alpha value is -0.930. The Balaban J connectivity index is 1.61. The molecular weight excluding hydrogens is 246 g/mol. The molecule has 1 saturated heterocycles. The van der Waals surface area contributed by atoms with Gasteiger partial charge in [-0.2, -0.15) is 0 Å². The lowest BCUT2D eigenvalue weighted by Gasteiger charge is -2.34. The van der Waals surface area contributed by atoms with Gasteiger partial charge in [-0.25, -0.2) is 0 Å². The Morgan fingerprint density at radius 2 is 2.00 bits per heavy atom. The highest BCUT2D eigenvalue weighted by atomic mass is 15.0. The monoisotopic (exact) mass is 273 g/mol. The maximum atomic E-state index is 4.11. The molecule has 2 heterocycles. The summed E-state index contributed by atoms with van der Waals surface area (Å²) >= 11 is 0. The van der Waals surface area contributed by atoms with Crippen LogP contribution in [0.3, 0.4) is 0 Å². The molecule has 2 N–H and O–H groups in total. The van der Waals surface area contributed by atoms with Crippen molar-refractivity contribution in [2.45, 2.75) is 63.6 Å². The van der Waals surface area contributed by atoms with Gasteiger partial charge in [0.2, 0.25) is 0 Å². The first kappa shape index (κ1) is 14.0. The van der Waals surface area contributed by atoms with Crippen LogP contribution in [0.4, 0.5) is 0 Å². The Labute approximate surface area is 122 Å². The van der Waals surface area contributed by atoms with E-state index in [4.69, 9.17) is 0 Å². The van der Waals surface area contributed by atoms with Gasteiger partial charge in [0.1, 0.15) is 0 Å². The van der Waals surface area contributed by atoms with Gasteiger partial charge in [-0.05, 0) is 62.8 Å². The second-order valence-electron chi connectivity index (χ2n) is 6.43. The number of hydrogen-bond donors (Lipinski definition) is 2. The van der Waals surface area contributed by atoms with Crippen molar-refractivity contribution < 1.29 is 0 Å². The first-order chi connectivity index (χ1) is 9.84. The molecule has 4 atom stereocenters. The number of pyridine rings is 1. The van der Waals surface area contributed by atoms with E-state index in [1.807, 2.05) is 12.4 Å². The summed E-state index contributed by atoms with van der Waals surface area (Å²) in [5, 5.41) is 7.63. The Bertz CT molecular complexity index is 400. The van der Waals surface area contributed by atoms with Crippen molar-refractivity contribution in [2.75, 3.05) is 6.54 Å². The van der Waals surface area contributed by atoms with Crippen LogP contribution in [-0.4, -0.2) is 23.6 Å². The zero-order valence-corrected chi connectivity index (χ0v) is 12.5. The van der Waals surface area contributed by atoms with E-state index in [1.165, 1.54) is 50.6 Å². The van der Waals surface area contributed by atoms with E-state index in [0.29, 0.717) is 12.1 Å². The maximum absolute atomic E-state index is 4.11. The van der Waals surface area contributed by atoms with Gasteiger partial charge in [0, 0.05) is 30.5 Å². The zero-order valence-electron chi connectivity index (χ0n) is 12.5. The van der Waals surface area contributed by atoms with E-state index in [-0.39, 0.29) is 0 Å². The second-order valence-corrected chi connectivity index (χ2v) is 6.43. The average Bonchev–Trinajstić information content (AvgIpc) is 2.97. The van der Waals surface area contributed by atoms with Gasteiger partial charge >= 0.3 is 0 Å². The highest BCUT2D eigenvalue weighted by molar-refractivity contribution is 5.14. The predicted molar refractivity (Wildman–Crippen MR) is 82.6 cm³/mol. The summed E-state index contributed by atoms with van der Waals surface area (Å²) in [4.78, 5) is 4.11. The van der Waals surface area contributed by atoms with Crippen molar-refractivity contribution >= 4 is 0 Å². The molecule has 110 valence electrons. The molecule has 0 amide bonds. The second kappa shape index (κ2) is 6.68. The van der Waals surface area contributed by atoms with Gasteiger partial charge < -0.3 is 10.6 Å². The van der Waals surface area contributed by atoms with Crippen molar-refractivity contribution in [2.24, 2.45) is 5.92 Å². The van der Waals surface area contributed by atoms with Crippen molar-refractivity contribution in [3.8, 4) is 0 Å². The number of nitrogens with one attached hydrogen (secondary N) is 2. The minimum atomic E-state index is 0.423. The number of aromatic nitrogens is 1. The number of rotatable bonds is 4. The summed E-state index contributed by atoms with van der Waals surface area (Å²) in [6, 6.07) is 6.09. The Kier molecular flexibility index (Phi) is 4.69. The van der Waals surface area contributed by atoms with Gasteiger partial charge in [-0.3, -0.25) is 4.98 Å². The SMILES string of the molecule is C[C@H](NC1CCCC1C1CCCCN1)c1ccncc1. The van der Waals surface area contributed by atoms with Gasteiger partial charge in [-0.15, -0.1) is 0 Å². The fourth-order valence-corrected chi connectivity index (χ4v) is 3.99. The van der Waals surface area contributed by atoms with Crippen LogP contribution in [0.5, 0.6) is 0 Å². The molecule has 3 heteroatoms. The van der Waals surface area contributed by atoms with Gasteiger partial charge in [0.25, 0.3) is 0 Å². The van der Waals surface area contributed by atoms with E-state index in [0.717, 1.165) is 12.0 Å². The maximum Gasteiger partial charge on any atom is 0.0295 e. The van der Waals surface area contributed by atoms with E-state index in [9.17, 15) is 0 Å². The van der Waals surface area contributed by atoms with Crippen LogP contribution in [0.2, 0.25) is 0 Å². The molecule has 3 rings (SSSR count). The summed E-state index contributed by atoms with van der Waals surface area (Å²) in [7, 11) is 0. The fraction of sp³-hybridized carbons (Fsp3) is 0.706. The van der Waals surface area contributed by atoms with Crippen LogP contribution in [0.1, 0.15) is 57.1 Å². The zero-order chi connectivity index (χ0) is 13.8. The molecule has 1 aromatic heterocycles. The summed E-state index contributed by atoms with van der Waals surface area (Å²) in [6.07, 6.45) is 12.0. The van der Waals surface area contributed by atoms with Crippen molar-refractivity contribution in [3.63, 3.8) is 0 Å².